The van der Waals surface area contributed by atoms with Gasteiger partial charge in [0.05, 0.1) is 0 Å². The van der Waals surface area contributed by atoms with Gasteiger partial charge in [0, 0.05) is 44.0 Å². The fourth-order valence-electron chi connectivity index (χ4n) is 2.87. The number of carbonyl (C=O) groups excluding carboxylic acids is 1. The molecule has 2 aromatic rings. The molecule has 0 saturated carbocycles. The molecule has 0 atom stereocenters. The number of nitrogens with zero attached hydrogens (tertiary/aromatic N) is 2. The normalized spacial score (nSPS) is 14.9. The molecule has 1 aliphatic heterocycles. The van der Waals surface area contributed by atoms with Crippen LogP contribution in [0.5, 0.6) is 0 Å². The molecule has 3 nitrogen and oxygen atoms in total. The zero-order chi connectivity index (χ0) is 15.9. The molecule has 0 aromatic heterocycles. The van der Waals surface area contributed by atoms with Crippen LogP contribution in [0, 0.1) is 11.8 Å². The second-order valence-corrected chi connectivity index (χ2v) is 5.68. The Labute approximate surface area is 137 Å². The van der Waals surface area contributed by atoms with Crippen molar-refractivity contribution in [1.29, 1.82) is 0 Å². The Balaban J connectivity index is 1.55. The monoisotopic (exact) mass is 304 g/mol. The van der Waals surface area contributed by atoms with Crippen molar-refractivity contribution in [2.24, 2.45) is 0 Å². The fraction of sp³-hybridized carbons (Fsp3) is 0.250. The van der Waals surface area contributed by atoms with Gasteiger partial charge in [0.15, 0.2) is 6.29 Å². The molecule has 0 spiro atoms. The second kappa shape index (κ2) is 7.62. The predicted molar refractivity (Wildman–Crippen MR) is 93.3 cm³/mol. The third kappa shape index (κ3) is 4.21. The van der Waals surface area contributed by atoms with Crippen molar-refractivity contribution in [3.63, 3.8) is 0 Å². The van der Waals surface area contributed by atoms with E-state index in [4.69, 9.17) is 0 Å². The van der Waals surface area contributed by atoms with Gasteiger partial charge in [-0.2, -0.15) is 0 Å². The van der Waals surface area contributed by atoms with Crippen LogP contribution in [0.15, 0.2) is 54.6 Å². The molecule has 3 heteroatoms. The Bertz CT molecular complexity index is 690. The van der Waals surface area contributed by atoms with E-state index >= 15 is 0 Å². The SMILES string of the molecule is O=CC#Cc1ccc(N2CCN(Cc3ccccc3)CC2)cc1. The first-order valence-corrected chi connectivity index (χ1v) is 7.91. The third-order valence-corrected chi connectivity index (χ3v) is 4.13. The van der Waals surface area contributed by atoms with Crippen molar-refractivity contribution >= 4 is 12.0 Å². The lowest BCUT2D eigenvalue weighted by atomic mass is 10.1. The molecule has 23 heavy (non-hydrogen) atoms. The van der Waals surface area contributed by atoms with E-state index in [1.807, 2.05) is 12.1 Å². The lowest BCUT2D eigenvalue weighted by Crippen LogP contribution is -2.45. The summed E-state index contributed by atoms with van der Waals surface area (Å²) in [6, 6.07) is 18.7. The smallest absolute Gasteiger partial charge is 0.193 e. The van der Waals surface area contributed by atoms with Crippen LogP contribution in [-0.4, -0.2) is 37.4 Å². The first-order chi connectivity index (χ1) is 11.3. The molecule has 1 fully saturated rings. The molecule has 116 valence electrons. The van der Waals surface area contributed by atoms with Gasteiger partial charge in [-0.25, -0.2) is 0 Å². The summed E-state index contributed by atoms with van der Waals surface area (Å²) in [7, 11) is 0. The molecule has 1 aliphatic rings. The number of hydrogen-bond acceptors (Lipinski definition) is 3. The predicted octanol–water partition coefficient (Wildman–Crippen LogP) is 2.56. The summed E-state index contributed by atoms with van der Waals surface area (Å²) >= 11 is 0. The van der Waals surface area contributed by atoms with Gasteiger partial charge in [-0.05, 0) is 35.7 Å². The van der Waals surface area contributed by atoms with Gasteiger partial charge in [0.25, 0.3) is 0 Å². The maximum absolute atomic E-state index is 10.3. The Morgan fingerprint density at radius 2 is 1.61 bits per heavy atom. The second-order valence-electron chi connectivity index (χ2n) is 5.68. The highest BCUT2D eigenvalue weighted by atomic mass is 16.1. The van der Waals surface area contributed by atoms with E-state index in [1.54, 1.807) is 0 Å². The number of benzene rings is 2. The topological polar surface area (TPSA) is 23.6 Å². The maximum Gasteiger partial charge on any atom is 0.193 e. The minimum atomic E-state index is 0.625. The van der Waals surface area contributed by atoms with Gasteiger partial charge >= 0.3 is 0 Å². The van der Waals surface area contributed by atoms with Crippen LogP contribution < -0.4 is 4.90 Å². The van der Waals surface area contributed by atoms with Crippen LogP contribution >= 0.6 is 0 Å². The average molecular weight is 304 g/mol. The van der Waals surface area contributed by atoms with E-state index in [0.29, 0.717) is 6.29 Å². The van der Waals surface area contributed by atoms with E-state index in [-0.39, 0.29) is 0 Å². The number of anilines is 1. The number of carbonyl (C=O) groups is 1. The zero-order valence-electron chi connectivity index (χ0n) is 13.1. The van der Waals surface area contributed by atoms with Crippen LogP contribution in [0.4, 0.5) is 5.69 Å². The first-order valence-electron chi connectivity index (χ1n) is 7.91. The van der Waals surface area contributed by atoms with Crippen molar-refractivity contribution in [3.8, 4) is 11.8 Å². The molecule has 2 aromatic carbocycles. The summed E-state index contributed by atoms with van der Waals surface area (Å²) in [5, 5.41) is 0. The van der Waals surface area contributed by atoms with Crippen molar-refractivity contribution in [1.82, 2.24) is 4.90 Å². The van der Waals surface area contributed by atoms with E-state index in [9.17, 15) is 4.79 Å². The number of rotatable bonds is 3. The fourth-order valence-corrected chi connectivity index (χ4v) is 2.87. The standard InChI is InChI=1S/C20H20N2O/c23-16-4-7-18-8-10-20(11-9-18)22-14-12-21(13-15-22)17-19-5-2-1-3-6-19/h1-3,5-6,8-11,16H,12-15,17H2. The number of hydrogen-bond donors (Lipinski definition) is 0. The zero-order valence-corrected chi connectivity index (χ0v) is 13.1. The lowest BCUT2D eigenvalue weighted by molar-refractivity contribution is -0.103. The van der Waals surface area contributed by atoms with Crippen molar-refractivity contribution in [2.45, 2.75) is 6.54 Å². The molecule has 0 unspecified atom stereocenters. The quantitative estimate of drug-likeness (QED) is 0.643. The van der Waals surface area contributed by atoms with Gasteiger partial charge < -0.3 is 4.90 Å². The van der Waals surface area contributed by atoms with Crippen LogP contribution in [-0.2, 0) is 11.3 Å². The Kier molecular flexibility index (Phi) is 5.08. The summed E-state index contributed by atoms with van der Waals surface area (Å²) < 4.78 is 0. The molecule has 0 aliphatic carbocycles. The molecular weight excluding hydrogens is 284 g/mol. The summed E-state index contributed by atoms with van der Waals surface area (Å²) in [4.78, 5) is 15.2. The number of piperazine rings is 1. The summed E-state index contributed by atoms with van der Waals surface area (Å²) in [5.74, 6) is 5.26. The molecule has 0 bridgehead atoms. The Morgan fingerprint density at radius 3 is 2.26 bits per heavy atom. The van der Waals surface area contributed by atoms with Crippen molar-refractivity contribution in [2.75, 3.05) is 31.1 Å². The summed E-state index contributed by atoms with van der Waals surface area (Å²) in [5.41, 5.74) is 3.48. The largest absolute Gasteiger partial charge is 0.369 e. The highest BCUT2D eigenvalue weighted by Gasteiger charge is 2.17. The van der Waals surface area contributed by atoms with Crippen molar-refractivity contribution < 1.29 is 4.79 Å². The molecular formula is C20H20N2O. The molecule has 0 amide bonds. The van der Waals surface area contributed by atoms with Crippen LogP contribution in [0.25, 0.3) is 0 Å². The van der Waals surface area contributed by atoms with Crippen LogP contribution in [0.1, 0.15) is 11.1 Å². The molecule has 0 radical (unpaired) electrons. The molecule has 0 N–H and O–H groups in total. The van der Waals surface area contributed by atoms with Gasteiger partial charge in [-0.15, -0.1) is 0 Å². The molecule has 3 rings (SSSR count). The van der Waals surface area contributed by atoms with Crippen LogP contribution in [0.2, 0.25) is 0 Å². The van der Waals surface area contributed by atoms with E-state index in [2.05, 4.69) is 64.1 Å². The van der Waals surface area contributed by atoms with Gasteiger partial charge in [0.1, 0.15) is 0 Å². The van der Waals surface area contributed by atoms with Gasteiger partial charge in [-0.1, -0.05) is 36.3 Å². The molecule has 1 heterocycles. The highest BCUT2D eigenvalue weighted by molar-refractivity contribution is 5.74. The van der Waals surface area contributed by atoms with E-state index in [1.165, 1.54) is 11.3 Å². The van der Waals surface area contributed by atoms with Crippen LogP contribution in [0.3, 0.4) is 0 Å². The summed E-state index contributed by atoms with van der Waals surface area (Å²) in [6.07, 6.45) is 0.625. The van der Waals surface area contributed by atoms with Gasteiger partial charge in [-0.3, -0.25) is 9.69 Å². The van der Waals surface area contributed by atoms with Gasteiger partial charge in [0.2, 0.25) is 0 Å². The van der Waals surface area contributed by atoms with Crippen molar-refractivity contribution in [3.05, 3.63) is 65.7 Å². The van der Waals surface area contributed by atoms with E-state index in [0.717, 1.165) is 38.3 Å². The Hall–Kier alpha value is -2.57. The maximum atomic E-state index is 10.3. The van der Waals surface area contributed by atoms with E-state index < -0.39 is 0 Å². The lowest BCUT2D eigenvalue weighted by Gasteiger charge is -2.36. The molecule has 1 saturated heterocycles. The third-order valence-electron chi connectivity index (χ3n) is 4.13. The minimum absolute atomic E-state index is 0.625. The number of aldehydes is 1. The first kappa shape index (κ1) is 15.3. The minimum Gasteiger partial charge on any atom is -0.369 e. The highest BCUT2D eigenvalue weighted by Crippen LogP contribution is 2.18. The summed E-state index contributed by atoms with van der Waals surface area (Å²) in [6.45, 7) is 5.23. The Morgan fingerprint density at radius 1 is 0.913 bits per heavy atom. The average Bonchev–Trinajstić information content (AvgIpc) is 2.62.